The Hall–Kier alpha value is -3.21. The summed E-state index contributed by atoms with van der Waals surface area (Å²) < 4.78 is 48.7. The number of esters is 1. The number of aryl methyl sites for hydroxylation is 1. The minimum atomic E-state index is -3.82. The monoisotopic (exact) mass is 487 g/mol. The molecule has 1 aliphatic heterocycles. The highest BCUT2D eigenvalue weighted by Crippen LogP contribution is 2.29. The van der Waals surface area contributed by atoms with Crippen LogP contribution in [0.5, 0.6) is 5.75 Å². The first kappa shape index (κ1) is 23.9. The lowest BCUT2D eigenvalue weighted by atomic mass is 10.1. The molecular formula is C24H25NO8S. The summed E-state index contributed by atoms with van der Waals surface area (Å²) in [6, 6.07) is 11.3. The van der Waals surface area contributed by atoms with Crippen molar-refractivity contribution in [2.45, 2.75) is 24.8 Å². The third-order valence-corrected chi connectivity index (χ3v) is 7.46. The van der Waals surface area contributed by atoms with E-state index < -0.39 is 21.6 Å². The van der Waals surface area contributed by atoms with Crippen molar-refractivity contribution in [3.63, 3.8) is 0 Å². The number of ether oxygens (including phenoxy) is 3. The summed E-state index contributed by atoms with van der Waals surface area (Å²) in [4.78, 5) is 24.4. The molecule has 1 saturated heterocycles. The van der Waals surface area contributed by atoms with Crippen LogP contribution in [0, 0.1) is 6.92 Å². The van der Waals surface area contributed by atoms with Gasteiger partial charge in [-0.25, -0.2) is 13.2 Å². The van der Waals surface area contributed by atoms with E-state index in [9.17, 15) is 18.0 Å². The SMILES string of the molecule is COc1ccc(CC(=O)OCc2cc(=O)oc3cc(C)ccc23)cc1S(=O)(=O)N1CCOCC1. The Balaban J connectivity index is 1.51. The summed E-state index contributed by atoms with van der Waals surface area (Å²) >= 11 is 0. The van der Waals surface area contributed by atoms with E-state index in [0.717, 1.165) is 5.56 Å². The minimum absolute atomic E-state index is 0.00997. The molecular weight excluding hydrogens is 462 g/mol. The zero-order valence-corrected chi connectivity index (χ0v) is 19.7. The van der Waals surface area contributed by atoms with Gasteiger partial charge in [0.2, 0.25) is 10.0 Å². The Morgan fingerprint density at radius 2 is 1.85 bits per heavy atom. The summed E-state index contributed by atoms with van der Waals surface area (Å²) in [7, 11) is -2.43. The lowest BCUT2D eigenvalue weighted by Crippen LogP contribution is -2.40. The molecule has 1 fully saturated rings. The number of morpholine rings is 1. The van der Waals surface area contributed by atoms with Crippen molar-refractivity contribution < 1.29 is 31.8 Å². The van der Waals surface area contributed by atoms with Gasteiger partial charge in [-0.3, -0.25) is 4.79 Å². The second kappa shape index (κ2) is 9.96. The molecule has 180 valence electrons. The molecule has 1 aliphatic rings. The van der Waals surface area contributed by atoms with E-state index in [4.69, 9.17) is 18.6 Å². The predicted octanol–water partition coefficient (Wildman–Crippen LogP) is 2.42. The van der Waals surface area contributed by atoms with Crippen molar-refractivity contribution in [1.29, 1.82) is 0 Å². The zero-order chi connectivity index (χ0) is 24.3. The van der Waals surface area contributed by atoms with Gasteiger partial charge in [-0.1, -0.05) is 18.2 Å². The van der Waals surface area contributed by atoms with Gasteiger partial charge in [0.1, 0.15) is 22.8 Å². The molecule has 9 nitrogen and oxygen atoms in total. The van der Waals surface area contributed by atoms with Crippen LogP contribution in [0.1, 0.15) is 16.7 Å². The van der Waals surface area contributed by atoms with Crippen LogP contribution in [-0.4, -0.2) is 52.1 Å². The Labute approximate surface area is 196 Å². The summed E-state index contributed by atoms with van der Waals surface area (Å²) in [5.74, 6) is -0.366. The van der Waals surface area contributed by atoms with Gasteiger partial charge in [0.05, 0.1) is 26.7 Å². The van der Waals surface area contributed by atoms with Gasteiger partial charge < -0.3 is 18.6 Å². The third kappa shape index (κ3) is 5.14. The fourth-order valence-electron chi connectivity index (χ4n) is 3.79. The Bertz CT molecular complexity index is 1370. The van der Waals surface area contributed by atoms with Gasteiger partial charge in [0, 0.05) is 30.1 Å². The number of rotatable bonds is 7. The van der Waals surface area contributed by atoms with Gasteiger partial charge in [0.25, 0.3) is 0 Å². The van der Waals surface area contributed by atoms with Crippen LogP contribution < -0.4 is 10.4 Å². The maximum atomic E-state index is 13.1. The van der Waals surface area contributed by atoms with Gasteiger partial charge in [0.15, 0.2) is 0 Å². The first-order valence-electron chi connectivity index (χ1n) is 10.7. The summed E-state index contributed by atoms with van der Waals surface area (Å²) in [6.45, 7) is 2.90. The predicted molar refractivity (Wildman–Crippen MR) is 123 cm³/mol. The van der Waals surface area contributed by atoms with Crippen molar-refractivity contribution in [3.05, 3.63) is 69.6 Å². The lowest BCUT2D eigenvalue weighted by Gasteiger charge is -2.26. The van der Waals surface area contributed by atoms with Crippen molar-refractivity contribution in [3.8, 4) is 5.75 Å². The maximum absolute atomic E-state index is 13.1. The van der Waals surface area contributed by atoms with E-state index in [0.29, 0.717) is 35.3 Å². The fourth-order valence-corrected chi connectivity index (χ4v) is 5.41. The molecule has 0 radical (unpaired) electrons. The number of methoxy groups -OCH3 is 1. The quantitative estimate of drug-likeness (QED) is 0.369. The van der Waals surface area contributed by atoms with Crippen LogP contribution in [-0.2, 0) is 37.3 Å². The molecule has 0 N–H and O–H groups in total. The Morgan fingerprint density at radius 3 is 2.59 bits per heavy atom. The van der Waals surface area contributed by atoms with Gasteiger partial charge in [-0.05, 0) is 36.2 Å². The normalized spacial score (nSPS) is 14.8. The summed E-state index contributed by atoms with van der Waals surface area (Å²) in [5, 5.41) is 0.682. The number of hydrogen-bond donors (Lipinski definition) is 0. The average molecular weight is 488 g/mol. The standard InChI is InChI=1S/C24H25NO8S/c1-16-3-5-19-18(14-24(27)33-21(19)11-16)15-32-23(26)13-17-4-6-20(30-2)22(12-17)34(28,29)25-7-9-31-10-8-25/h3-6,11-12,14H,7-10,13,15H2,1-2H3. The number of nitrogens with zero attached hydrogens (tertiary/aromatic N) is 1. The molecule has 0 bridgehead atoms. The van der Waals surface area contributed by atoms with Crippen LogP contribution in [0.3, 0.4) is 0 Å². The molecule has 0 aliphatic carbocycles. The van der Waals surface area contributed by atoms with Crippen molar-refractivity contribution in [1.82, 2.24) is 4.31 Å². The van der Waals surface area contributed by atoms with E-state index in [2.05, 4.69) is 0 Å². The van der Waals surface area contributed by atoms with E-state index in [1.54, 1.807) is 12.1 Å². The summed E-state index contributed by atoms with van der Waals surface area (Å²) in [6.07, 6.45) is -0.145. The molecule has 3 aromatic rings. The van der Waals surface area contributed by atoms with Gasteiger partial charge in [-0.15, -0.1) is 0 Å². The maximum Gasteiger partial charge on any atom is 0.336 e. The molecule has 0 saturated carbocycles. The Morgan fingerprint density at radius 1 is 1.09 bits per heavy atom. The number of hydrogen-bond acceptors (Lipinski definition) is 8. The van der Waals surface area contributed by atoms with Crippen LogP contribution in [0.15, 0.2) is 56.6 Å². The third-order valence-electron chi connectivity index (χ3n) is 5.54. The molecule has 0 atom stereocenters. The average Bonchev–Trinajstić information content (AvgIpc) is 2.82. The van der Waals surface area contributed by atoms with Crippen molar-refractivity contribution >= 4 is 27.0 Å². The minimum Gasteiger partial charge on any atom is -0.495 e. The number of fused-ring (bicyclic) bond motifs is 1. The molecule has 4 rings (SSSR count). The number of benzene rings is 2. The molecule has 10 heteroatoms. The van der Waals surface area contributed by atoms with E-state index >= 15 is 0 Å². The van der Waals surface area contributed by atoms with E-state index in [-0.39, 0.29) is 36.8 Å². The molecule has 0 spiro atoms. The van der Waals surface area contributed by atoms with Crippen LogP contribution >= 0.6 is 0 Å². The molecule has 2 aromatic carbocycles. The van der Waals surface area contributed by atoms with Gasteiger partial charge >= 0.3 is 11.6 Å². The topological polar surface area (TPSA) is 112 Å². The van der Waals surface area contributed by atoms with Gasteiger partial charge in [-0.2, -0.15) is 4.31 Å². The van der Waals surface area contributed by atoms with Crippen molar-refractivity contribution in [2.24, 2.45) is 0 Å². The molecule has 0 unspecified atom stereocenters. The molecule has 0 amide bonds. The first-order valence-corrected chi connectivity index (χ1v) is 12.2. The smallest absolute Gasteiger partial charge is 0.336 e. The van der Waals surface area contributed by atoms with E-state index in [1.807, 2.05) is 19.1 Å². The number of carbonyl (C=O) groups is 1. The molecule has 1 aromatic heterocycles. The lowest BCUT2D eigenvalue weighted by molar-refractivity contribution is -0.144. The van der Waals surface area contributed by atoms with E-state index in [1.165, 1.54) is 29.6 Å². The van der Waals surface area contributed by atoms with Crippen molar-refractivity contribution in [2.75, 3.05) is 33.4 Å². The van der Waals surface area contributed by atoms with Crippen LogP contribution in [0.2, 0.25) is 0 Å². The van der Waals surface area contributed by atoms with Crippen LogP contribution in [0.25, 0.3) is 11.0 Å². The summed E-state index contributed by atoms with van der Waals surface area (Å²) in [5.41, 5.74) is 1.83. The molecule has 2 heterocycles. The second-order valence-corrected chi connectivity index (χ2v) is 9.84. The zero-order valence-electron chi connectivity index (χ0n) is 18.9. The largest absolute Gasteiger partial charge is 0.495 e. The number of carbonyl (C=O) groups excluding carboxylic acids is 1. The fraction of sp³-hybridized carbons (Fsp3) is 0.333. The highest BCUT2D eigenvalue weighted by Gasteiger charge is 2.29. The number of sulfonamides is 1. The Kier molecular flexibility index (Phi) is 7.01. The van der Waals surface area contributed by atoms with Crippen LogP contribution in [0.4, 0.5) is 0 Å². The highest BCUT2D eigenvalue weighted by atomic mass is 32.2. The first-order chi connectivity index (χ1) is 16.3. The second-order valence-electron chi connectivity index (χ2n) is 7.93. The molecule has 34 heavy (non-hydrogen) atoms. The highest BCUT2D eigenvalue weighted by molar-refractivity contribution is 7.89.